The molecule has 2 heterocycles. The van der Waals surface area contributed by atoms with E-state index in [1.807, 2.05) is 60.8 Å². The molecule has 8 nitrogen and oxygen atoms in total. The van der Waals surface area contributed by atoms with Crippen molar-refractivity contribution in [2.45, 2.75) is 24.3 Å². The van der Waals surface area contributed by atoms with Crippen LogP contribution in [0.3, 0.4) is 0 Å². The average Bonchev–Trinajstić information content (AvgIpc) is 3.44. The van der Waals surface area contributed by atoms with Gasteiger partial charge in [-0.2, -0.15) is 4.68 Å². The number of amides is 1. The lowest BCUT2D eigenvalue weighted by Gasteiger charge is -2.12. The first kappa shape index (κ1) is 21.0. The van der Waals surface area contributed by atoms with Gasteiger partial charge in [-0.15, -0.1) is 16.4 Å². The summed E-state index contributed by atoms with van der Waals surface area (Å²) in [6.07, 6.45) is 0. The molecule has 0 saturated heterocycles. The predicted octanol–water partition coefficient (Wildman–Crippen LogP) is 4.22. The van der Waals surface area contributed by atoms with Crippen molar-refractivity contribution >= 4 is 34.1 Å². The number of aryl methyl sites for hydroxylation is 1. The van der Waals surface area contributed by atoms with Crippen LogP contribution in [0.25, 0.3) is 16.9 Å². The zero-order valence-electron chi connectivity index (χ0n) is 17.1. The number of nitrogens with zero attached hydrogens (tertiary/aromatic N) is 5. The number of tetrazole rings is 1. The first-order valence-corrected chi connectivity index (χ1v) is 11.2. The lowest BCUT2D eigenvalue weighted by atomic mass is 10.2. The number of carbonyl (C=O) groups is 1. The molecular weight excluding hydrogens is 432 g/mol. The maximum atomic E-state index is 12.7. The Morgan fingerprint density at radius 3 is 2.81 bits per heavy atom. The summed E-state index contributed by atoms with van der Waals surface area (Å²) in [6.45, 7) is 3.78. The number of anilines is 1. The van der Waals surface area contributed by atoms with Crippen LogP contribution < -0.4 is 10.1 Å². The van der Waals surface area contributed by atoms with E-state index in [2.05, 4.69) is 25.8 Å². The molecule has 0 aliphatic carbocycles. The van der Waals surface area contributed by atoms with Crippen LogP contribution in [-0.2, 0) is 4.79 Å². The Morgan fingerprint density at radius 1 is 1.23 bits per heavy atom. The number of methoxy groups -OCH3 is 1. The van der Waals surface area contributed by atoms with Crippen LogP contribution in [0.5, 0.6) is 5.75 Å². The summed E-state index contributed by atoms with van der Waals surface area (Å²) in [6, 6.07) is 15.6. The third kappa shape index (κ3) is 4.75. The van der Waals surface area contributed by atoms with E-state index in [-0.39, 0.29) is 5.91 Å². The number of hydrogen-bond acceptors (Lipinski definition) is 8. The molecule has 2 aromatic heterocycles. The number of hydrogen-bond donors (Lipinski definition) is 1. The van der Waals surface area contributed by atoms with Crippen molar-refractivity contribution in [2.75, 3.05) is 12.4 Å². The fourth-order valence-electron chi connectivity index (χ4n) is 2.86. The van der Waals surface area contributed by atoms with Gasteiger partial charge >= 0.3 is 0 Å². The van der Waals surface area contributed by atoms with Crippen molar-refractivity contribution < 1.29 is 9.53 Å². The Balaban J connectivity index is 1.47. The topological polar surface area (TPSA) is 94.8 Å². The molecule has 10 heteroatoms. The fraction of sp³-hybridized carbons (Fsp3) is 0.190. The standard InChI is InChI=1S/C21H20N6O2S2/c1-13-9-10-18(29-3)17(11-13)27-21(24-25-26-27)31-14(2)19(28)23-20-22-16(12-30-20)15-7-5-4-6-8-15/h4-12,14H,1-3H3,(H,22,23,28)/t14-/m0/s1. The minimum atomic E-state index is -0.440. The van der Waals surface area contributed by atoms with Gasteiger partial charge < -0.3 is 10.1 Å². The van der Waals surface area contributed by atoms with Gasteiger partial charge in [-0.3, -0.25) is 4.79 Å². The van der Waals surface area contributed by atoms with Crippen LogP contribution in [0, 0.1) is 6.92 Å². The summed E-state index contributed by atoms with van der Waals surface area (Å²) < 4.78 is 7.02. The van der Waals surface area contributed by atoms with Gasteiger partial charge in [-0.25, -0.2) is 4.98 Å². The molecule has 31 heavy (non-hydrogen) atoms. The van der Waals surface area contributed by atoms with Crippen molar-refractivity contribution in [3.8, 4) is 22.7 Å². The molecule has 0 unspecified atom stereocenters. The number of thiazole rings is 1. The molecule has 158 valence electrons. The van der Waals surface area contributed by atoms with E-state index >= 15 is 0 Å². The Bertz CT molecular complexity index is 1190. The minimum absolute atomic E-state index is 0.176. The third-order valence-corrected chi connectivity index (χ3v) is 6.25. The Kier molecular flexibility index (Phi) is 6.28. The van der Waals surface area contributed by atoms with Crippen molar-refractivity contribution in [2.24, 2.45) is 0 Å². The summed E-state index contributed by atoms with van der Waals surface area (Å²) in [5.41, 5.74) is 3.60. The summed E-state index contributed by atoms with van der Waals surface area (Å²) in [5, 5.41) is 17.4. The second kappa shape index (κ2) is 9.27. The van der Waals surface area contributed by atoms with E-state index in [4.69, 9.17) is 4.74 Å². The van der Waals surface area contributed by atoms with Gasteiger partial charge in [0.25, 0.3) is 0 Å². The maximum Gasteiger partial charge on any atom is 0.239 e. The van der Waals surface area contributed by atoms with Crippen molar-refractivity contribution in [1.29, 1.82) is 0 Å². The summed E-state index contributed by atoms with van der Waals surface area (Å²) in [4.78, 5) is 17.3. The zero-order chi connectivity index (χ0) is 21.8. The number of aromatic nitrogens is 5. The fourth-order valence-corrected chi connectivity index (χ4v) is 4.38. The SMILES string of the molecule is COc1ccc(C)cc1-n1nnnc1S[C@@H](C)C(=O)Nc1nc(-c2ccccc2)cs1. The van der Waals surface area contributed by atoms with Crippen LogP contribution >= 0.6 is 23.1 Å². The Morgan fingerprint density at radius 2 is 2.03 bits per heavy atom. The summed E-state index contributed by atoms with van der Waals surface area (Å²) in [7, 11) is 1.60. The average molecular weight is 453 g/mol. The van der Waals surface area contributed by atoms with Crippen LogP contribution in [0.1, 0.15) is 12.5 Å². The number of carbonyl (C=O) groups excluding carboxylic acids is 1. The molecule has 1 atom stereocenters. The summed E-state index contributed by atoms with van der Waals surface area (Å²) in [5.74, 6) is 0.470. The molecule has 4 aromatic rings. The van der Waals surface area contributed by atoms with E-state index in [1.165, 1.54) is 23.1 Å². The van der Waals surface area contributed by atoms with Gasteiger partial charge in [0.2, 0.25) is 11.1 Å². The van der Waals surface area contributed by atoms with Gasteiger partial charge in [0, 0.05) is 10.9 Å². The largest absolute Gasteiger partial charge is 0.494 e. The molecule has 0 radical (unpaired) electrons. The number of thioether (sulfide) groups is 1. The quantitative estimate of drug-likeness (QED) is 0.420. The van der Waals surface area contributed by atoms with E-state index < -0.39 is 5.25 Å². The molecule has 1 N–H and O–H groups in total. The molecule has 0 aliphatic heterocycles. The number of rotatable bonds is 7. The second-order valence-corrected chi connectivity index (χ2v) is 8.87. The molecule has 2 aromatic carbocycles. The molecule has 0 aliphatic rings. The minimum Gasteiger partial charge on any atom is -0.494 e. The number of ether oxygens (including phenoxy) is 1. The molecule has 0 saturated carbocycles. The molecule has 1 amide bonds. The highest BCUT2D eigenvalue weighted by Gasteiger charge is 2.21. The van der Waals surface area contributed by atoms with E-state index in [1.54, 1.807) is 18.7 Å². The Hall–Kier alpha value is -3.24. The highest BCUT2D eigenvalue weighted by atomic mass is 32.2. The van der Waals surface area contributed by atoms with Gasteiger partial charge in [-0.1, -0.05) is 48.2 Å². The number of benzene rings is 2. The van der Waals surface area contributed by atoms with Gasteiger partial charge in [0.05, 0.1) is 18.1 Å². The normalized spacial score (nSPS) is 11.8. The molecule has 0 spiro atoms. The van der Waals surface area contributed by atoms with Gasteiger partial charge in [0.15, 0.2) is 5.13 Å². The maximum absolute atomic E-state index is 12.7. The van der Waals surface area contributed by atoms with Crippen molar-refractivity contribution in [1.82, 2.24) is 25.2 Å². The van der Waals surface area contributed by atoms with E-state index in [0.29, 0.717) is 16.0 Å². The molecule has 4 rings (SSSR count). The zero-order valence-corrected chi connectivity index (χ0v) is 18.8. The Labute approximate surface area is 187 Å². The van der Waals surface area contributed by atoms with Crippen LogP contribution in [0.2, 0.25) is 0 Å². The van der Waals surface area contributed by atoms with Gasteiger partial charge in [0.1, 0.15) is 11.4 Å². The lowest BCUT2D eigenvalue weighted by molar-refractivity contribution is -0.115. The second-order valence-electron chi connectivity index (χ2n) is 6.70. The molecular formula is C21H20N6O2S2. The molecule has 0 bridgehead atoms. The smallest absolute Gasteiger partial charge is 0.239 e. The van der Waals surface area contributed by atoms with Gasteiger partial charge in [-0.05, 0) is 42.0 Å². The van der Waals surface area contributed by atoms with E-state index in [0.717, 1.165) is 22.5 Å². The van der Waals surface area contributed by atoms with Crippen molar-refractivity contribution in [3.63, 3.8) is 0 Å². The monoisotopic (exact) mass is 452 g/mol. The highest BCUT2D eigenvalue weighted by molar-refractivity contribution is 8.00. The van der Waals surface area contributed by atoms with E-state index in [9.17, 15) is 4.79 Å². The van der Waals surface area contributed by atoms with Crippen LogP contribution in [-0.4, -0.2) is 43.5 Å². The lowest BCUT2D eigenvalue weighted by Crippen LogP contribution is -2.22. The molecule has 0 fully saturated rings. The van der Waals surface area contributed by atoms with Crippen LogP contribution in [0.4, 0.5) is 5.13 Å². The first-order chi connectivity index (χ1) is 15.0. The highest BCUT2D eigenvalue weighted by Crippen LogP contribution is 2.30. The predicted molar refractivity (Wildman–Crippen MR) is 122 cm³/mol. The van der Waals surface area contributed by atoms with Crippen LogP contribution in [0.15, 0.2) is 59.1 Å². The first-order valence-electron chi connectivity index (χ1n) is 9.47. The number of nitrogens with one attached hydrogen (secondary N) is 1. The summed E-state index contributed by atoms with van der Waals surface area (Å²) >= 11 is 2.65. The van der Waals surface area contributed by atoms with Crippen molar-refractivity contribution in [3.05, 3.63) is 59.5 Å². The third-order valence-electron chi connectivity index (χ3n) is 4.46.